The zero-order valence-corrected chi connectivity index (χ0v) is 24.8. The van der Waals surface area contributed by atoms with Crippen LogP contribution in [0.5, 0.6) is 5.75 Å². The van der Waals surface area contributed by atoms with E-state index in [2.05, 4.69) is 0 Å². The van der Waals surface area contributed by atoms with Crippen LogP contribution in [0.2, 0.25) is 0 Å². The molecule has 0 spiro atoms. The summed E-state index contributed by atoms with van der Waals surface area (Å²) < 4.78 is 58.3. The highest BCUT2D eigenvalue weighted by Crippen LogP contribution is 2.36. The number of esters is 1. The Balaban J connectivity index is 1.53. The maximum absolute atomic E-state index is 14.1. The molecule has 1 aliphatic rings. The Hall–Kier alpha value is -5.16. The van der Waals surface area contributed by atoms with Gasteiger partial charge >= 0.3 is 12.1 Å². The summed E-state index contributed by atoms with van der Waals surface area (Å²) in [5, 5.41) is 0. The second-order valence-corrected chi connectivity index (χ2v) is 11.0. The van der Waals surface area contributed by atoms with E-state index in [0.29, 0.717) is 27.4 Å². The number of methoxy groups -OCH3 is 1. The fourth-order valence-electron chi connectivity index (χ4n) is 5.13. The third-order valence-corrected chi connectivity index (χ3v) is 8.14. The predicted molar refractivity (Wildman–Crippen MR) is 163 cm³/mol. The summed E-state index contributed by atoms with van der Waals surface area (Å²) in [6.07, 6.45) is -2.99. The quantitative estimate of drug-likeness (QED) is 0.200. The van der Waals surface area contributed by atoms with Gasteiger partial charge in [-0.2, -0.15) is 13.2 Å². The average Bonchev–Trinajstić information content (AvgIpc) is 3.64. The van der Waals surface area contributed by atoms with Gasteiger partial charge in [-0.05, 0) is 48.9 Å². The normalized spacial score (nSPS) is 15.0. The Morgan fingerprint density at radius 1 is 1.00 bits per heavy atom. The van der Waals surface area contributed by atoms with Crippen LogP contribution >= 0.6 is 11.3 Å². The molecule has 6 rings (SSSR count). The zero-order valence-electron chi connectivity index (χ0n) is 24.0. The van der Waals surface area contributed by atoms with Gasteiger partial charge in [0.05, 0.1) is 41.1 Å². The molecule has 1 atom stereocenters. The second kappa shape index (κ2) is 12.1. The van der Waals surface area contributed by atoms with Gasteiger partial charge in [0.25, 0.3) is 5.56 Å². The standard InChI is InChI=1S/C34H25F3N2O5S/c1-3-43-32(41)28-29(20-9-5-4-6-10-20)38-33-39(30(28)22-12-8-14-24(18-22)42-2)31(40)27(45-33)19-25-15-16-26(44-25)21-11-7-13-23(17-21)34(35,36)37/h4-19,30H,3H2,1-2H3. The van der Waals surface area contributed by atoms with Crippen molar-refractivity contribution in [2.45, 2.75) is 19.1 Å². The molecule has 228 valence electrons. The van der Waals surface area contributed by atoms with E-state index in [-0.39, 0.29) is 33.8 Å². The van der Waals surface area contributed by atoms with E-state index in [1.165, 1.54) is 29.9 Å². The molecular weight excluding hydrogens is 605 g/mol. The van der Waals surface area contributed by atoms with Crippen LogP contribution in [0, 0.1) is 0 Å². The average molecular weight is 631 g/mol. The van der Waals surface area contributed by atoms with Gasteiger partial charge in [0, 0.05) is 17.2 Å². The monoisotopic (exact) mass is 630 g/mol. The topological polar surface area (TPSA) is 83.0 Å². The molecule has 5 aromatic rings. The number of benzene rings is 3. The number of alkyl halides is 3. The molecule has 0 saturated carbocycles. The van der Waals surface area contributed by atoms with Crippen LogP contribution in [0.1, 0.15) is 35.4 Å². The van der Waals surface area contributed by atoms with Gasteiger partial charge in [-0.15, -0.1) is 0 Å². The molecule has 1 aliphatic heterocycles. The van der Waals surface area contributed by atoms with Crippen molar-refractivity contribution in [3.05, 3.63) is 139 Å². The van der Waals surface area contributed by atoms with Gasteiger partial charge in [-0.3, -0.25) is 9.36 Å². The molecule has 11 heteroatoms. The Morgan fingerprint density at radius 2 is 1.76 bits per heavy atom. The van der Waals surface area contributed by atoms with Crippen LogP contribution < -0.4 is 19.6 Å². The van der Waals surface area contributed by atoms with Gasteiger partial charge < -0.3 is 13.9 Å². The number of hydrogen-bond donors (Lipinski definition) is 0. The Kier molecular flexibility index (Phi) is 8.03. The minimum absolute atomic E-state index is 0.117. The molecule has 0 fully saturated rings. The number of rotatable bonds is 7. The predicted octanol–water partition coefficient (Wildman–Crippen LogP) is 6.22. The highest BCUT2D eigenvalue weighted by Gasteiger charge is 2.35. The lowest BCUT2D eigenvalue weighted by Crippen LogP contribution is -2.40. The summed E-state index contributed by atoms with van der Waals surface area (Å²) in [6.45, 7) is 1.82. The molecule has 1 unspecified atom stereocenters. The molecule has 2 aromatic heterocycles. The number of halogens is 3. The molecule has 0 aliphatic carbocycles. The first kappa shape index (κ1) is 29.9. The lowest BCUT2D eigenvalue weighted by Gasteiger charge is -2.26. The van der Waals surface area contributed by atoms with E-state index in [1.807, 2.05) is 30.3 Å². The molecule has 3 aromatic carbocycles. The number of aromatic nitrogens is 1. The number of nitrogens with zero attached hydrogens (tertiary/aromatic N) is 2. The minimum Gasteiger partial charge on any atom is -0.497 e. The Bertz CT molecular complexity index is 2110. The summed E-state index contributed by atoms with van der Waals surface area (Å²) in [5.74, 6) is 0.400. The Morgan fingerprint density at radius 3 is 2.49 bits per heavy atom. The van der Waals surface area contributed by atoms with E-state index >= 15 is 0 Å². The third-order valence-electron chi connectivity index (χ3n) is 7.16. The smallest absolute Gasteiger partial charge is 0.416 e. The molecular formula is C34H25F3N2O5S. The number of carbonyl (C=O) groups is 1. The Labute approximate surface area is 258 Å². The lowest BCUT2D eigenvalue weighted by molar-refractivity contribution is -0.139. The maximum atomic E-state index is 14.1. The third kappa shape index (κ3) is 5.86. The number of fused-ring (bicyclic) bond motifs is 1. The van der Waals surface area contributed by atoms with Crippen molar-refractivity contribution in [1.29, 1.82) is 0 Å². The number of carbonyl (C=O) groups excluding carboxylic acids is 1. The van der Waals surface area contributed by atoms with Crippen molar-refractivity contribution in [2.24, 2.45) is 4.99 Å². The molecule has 0 N–H and O–H groups in total. The SMILES string of the molecule is CCOC(=O)C1=C(c2ccccc2)N=c2sc(=Cc3ccc(-c4cccc(C(F)(F)F)c4)o3)c(=O)n2C1c1cccc(OC)c1. The molecule has 7 nitrogen and oxygen atoms in total. The highest BCUT2D eigenvalue weighted by atomic mass is 32.1. The second-order valence-electron chi connectivity index (χ2n) is 9.99. The largest absolute Gasteiger partial charge is 0.497 e. The van der Waals surface area contributed by atoms with E-state index in [9.17, 15) is 22.8 Å². The first-order valence-electron chi connectivity index (χ1n) is 13.9. The van der Waals surface area contributed by atoms with Gasteiger partial charge in [0.1, 0.15) is 17.3 Å². The van der Waals surface area contributed by atoms with Crippen LogP contribution in [0.4, 0.5) is 13.2 Å². The first-order chi connectivity index (χ1) is 21.7. The van der Waals surface area contributed by atoms with E-state index in [0.717, 1.165) is 23.5 Å². The van der Waals surface area contributed by atoms with Crippen molar-refractivity contribution in [3.8, 4) is 17.1 Å². The van der Waals surface area contributed by atoms with Crippen LogP contribution in [-0.2, 0) is 15.7 Å². The highest BCUT2D eigenvalue weighted by molar-refractivity contribution is 7.07. The van der Waals surface area contributed by atoms with Gasteiger partial charge in [-0.25, -0.2) is 9.79 Å². The van der Waals surface area contributed by atoms with Gasteiger partial charge in [-0.1, -0.05) is 65.9 Å². The van der Waals surface area contributed by atoms with Crippen molar-refractivity contribution >= 4 is 29.1 Å². The molecule has 0 amide bonds. The summed E-state index contributed by atoms with van der Waals surface area (Å²) in [5.41, 5.74) is 0.865. The summed E-state index contributed by atoms with van der Waals surface area (Å²) in [4.78, 5) is 32.8. The maximum Gasteiger partial charge on any atom is 0.416 e. The number of ether oxygens (including phenoxy) is 2. The first-order valence-corrected chi connectivity index (χ1v) is 14.7. The number of furan rings is 1. The van der Waals surface area contributed by atoms with Crippen LogP contribution in [-0.4, -0.2) is 24.3 Å². The summed E-state index contributed by atoms with van der Waals surface area (Å²) in [6, 6.07) is 23.3. The molecule has 0 saturated heterocycles. The van der Waals surface area contributed by atoms with E-state index in [1.54, 1.807) is 43.3 Å². The summed E-state index contributed by atoms with van der Waals surface area (Å²) in [7, 11) is 1.53. The van der Waals surface area contributed by atoms with E-state index in [4.69, 9.17) is 18.9 Å². The number of hydrogen-bond acceptors (Lipinski definition) is 7. The fourth-order valence-corrected chi connectivity index (χ4v) is 6.11. The van der Waals surface area contributed by atoms with Gasteiger partial charge in [0.2, 0.25) is 0 Å². The lowest BCUT2D eigenvalue weighted by atomic mass is 9.93. The summed E-state index contributed by atoms with van der Waals surface area (Å²) >= 11 is 1.10. The molecule has 0 bridgehead atoms. The zero-order chi connectivity index (χ0) is 31.7. The van der Waals surface area contributed by atoms with E-state index < -0.39 is 29.3 Å². The molecule has 45 heavy (non-hydrogen) atoms. The molecule has 0 radical (unpaired) electrons. The van der Waals surface area contributed by atoms with Crippen molar-refractivity contribution in [1.82, 2.24) is 4.57 Å². The van der Waals surface area contributed by atoms with Crippen molar-refractivity contribution in [3.63, 3.8) is 0 Å². The van der Waals surface area contributed by atoms with Gasteiger partial charge in [0.15, 0.2) is 4.80 Å². The van der Waals surface area contributed by atoms with Crippen LogP contribution in [0.25, 0.3) is 23.1 Å². The molecule has 3 heterocycles. The van der Waals surface area contributed by atoms with Crippen LogP contribution in [0.3, 0.4) is 0 Å². The van der Waals surface area contributed by atoms with Crippen molar-refractivity contribution < 1.29 is 31.9 Å². The fraction of sp³-hybridized carbons (Fsp3) is 0.147. The minimum atomic E-state index is -4.50. The number of thiazole rings is 1. The van der Waals surface area contributed by atoms with Crippen molar-refractivity contribution in [2.75, 3.05) is 13.7 Å². The van der Waals surface area contributed by atoms with Crippen LogP contribution in [0.15, 0.2) is 111 Å².